The van der Waals surface area contributed by atoms with Crippen LogP contribution in [0.3, 0.4) is 0 Å². The van der Waals surface area contributed by atoms with Gasteiger partial charge in [-0.3, -0.25) is 9.59 Å². The number of hydrogen-bond donors (Lipinski definition) is 1. The molecule has 3 aromatic rings. The van der Waals surface area contributed by atoms with Gasteiger partial charge < -0.3 is 14.6 Å². The van der Waals surface area contributed by atoms with Crippen LogP contribution < -0.4 is 10.2 Å². The van der Waals surface area contributed by atoms with Crippen molar-refractivity contribution >= 4 is 28.8 Å². The first-order valence-electron chi connectivity index (χ1n) is 9.29. The van der Waals surface area contributed by atoms with E-state index in [1.165, 1.54) is 17.5 Å². The maximum Gasteiger partial charge on any atom is 0.269 e. The highest BCUT2D eigenvalue weighted by atomic mass is 32.1. The van der Waals surface area contributed by atoms with Crippen LogP contribution in [0.4, 0.5) is 5.69 Å². The Kier molecular flexibility index (Phi) is 5.29. The number of carbonyl (C=O) groups is 2. The first-order valence-corrected chi connectivity index (χ1v) is 10.1. The summed E-state index contributed by atoms with van der Waals surface area (Å²) in [7, 11) is 1.71. The monoisotopic (exact) mass is 422 g/mol. The second-order valence-electron chi connectivity index (χ2n) is 7.00. The van der Waals surface area contributed by atoms with Gasteiger partial charge in [-0.25, -0.2) is 4.98 Å². The van der Waals surface area contributed by atoms with E-state index in [-0.39, 0.29) is 30.5 Å². The van der Waals surface area contributed by atoms with Crippen molar-refractivity contribution in [3.8, 4) is 6.07 Å². The molecule has 0 bridgehead atoms. The summed E-state index contributed by atoms with van der Waals surface area (Å²) in [4.78, 5) is 31.0. The summed E-state index contributed by atoms with van der Waals surface area (Å²) in [5, 5.41) is 20.2. The molecule has 0 unspecified atom stereocenters. The van der Waals surface area contributed by atoms with Crippen molar-refractivity contribution in [2.45, 2.75) is 31.2 Å². The molecule has 9 nitrogen and oxygen atoms in total. The van der Waals surface area contributed by atoms with Gasteiger partial charge in [0.1, 0.15) is 21.8 Å². The van der Waals surface area contributed by atoms with Crippen LogP contribution in [0.1, 0.15) is 39.3 Å². The predicted octanol–water partition coefficient (Wildman–Crippen LogP) is 2.11. The third kappa shape index (κ3) is 4.36. The van der Waals surface area contributed by atoms with Gasteiger partial charge in [0.2, 0.25) is 17.7 Å². The Bertz CT molecular complexity index is 1110. The van der Waals surface area contributed by atoms with Gasteiger partial charge in [0.05, 0.1) is 18.7 Å². The van der Waals surface area contributed by atoms with Crippen LogP contribution in [0.15, 0.2) is 40.9 Å². The lowest BCUT2D eigenvalue weighted by Crippen LogP contribution is -2.36. The zero-order chi connectivity index (χ0) is 21.1. The van der Waals surface area contributed by atoms with Gasteiger partial charge in [0, 0.05) is 12.7 Å². The van der Waals surface area contributed by atoms with Crippen molar-refractivity contribution in [3.05, 3.63) is 58.2 Å². The van der Waals surface area contributed by atoms with Gasteiger partial charge in [-0.1, -0.05) is 18.2 Å². The van der Waals surface area contributed by atoms with Crippen molar-refractivity contribution in [3.63, 3.8) is 0 Å². The Labute approximate surface area is 176 Å². The van der Waals surface area contributed by atoms with Crippen LogP contribution in [0, 0.1) is 11.3 Å². The van der Waals surface area contributed by atoms with E-state index >= 15 is 0 Å². The smallest absolute Gasteiger partial charge is 0.269 e. The van der Waals surface area contributed by atoms with Crippen LogP contribution in [0.25, 0.3) is 0 Å². The summed E-state index contributed by atoms with van der Waals surface area (Å²) in [5.41, 5.74) is 0.0677. The second-order valence-corrected chi connectivity index (χ2v) is 8.12. The van der Waals surface area contributed by atoms with Crippen LogP contribution in [0.2, 0.25) is 0 Å². The summed E-state index contributed by atoms with van der Waals surface area (Å²) in [6, 6.07) is 11.4. The summed E-state index contributed by atoms with van der Waals surface area (Å²) < 4.78 is 5.52. The molecular formula is C20H18N6O3S. The van der Waals surface area contributed by atoms with E-state index in [0.29, 0.717) is 28.6 Å². The van der Waals surface area contributed by atoms with Gasteiger partial charge >= 0.3 is 0 Å². The maximum atomic E-state index is 12.7. The minimum Gasteiger partial charge on any atom is -0.424 e. The van der Waals surface area contributed by atoms with Crippen molar-refractivity contribution in [1.29, 1.82) is 5.26 Å². The van der Waals surface area contributed by atoms with E-state index in [1.54, 1.807) is 11.9 Å². The molecule has 1 N–H and O–H groups in total. The molecular weight excluding hydrogens is 404 g/mol. The fourth-order valence-corrected chi connectivity index (χ4v) is 3.71. The van der Waals surface area contributed by atoms with Gasteiger partial charge in [0.15, 0.2) is 0 Å². The lowest BCUT2D eigenvalue weighted by Gasteiger charge is -2.15. The Morgan fingerprint density at radius 3 is 2.70 bits per heavy atom. The van der Waals surface area contributed by atoms with Gasteiger partial charge in [-0.05, 0) is 25.0 Å². The number of rotatable bonds is 7. The van der Waals surface area contributed by atoms with Crippen LogP contribution >= 0.6 is 11.3 Å². The number of anilines is 1. The van der Waals surface area contributed by atoms with E-state index in [2.05, 4.69) is 26.6 Å². The molecule has 1 aromatic carbocycles. The zero-order valence-corrected chi connectivity index (χ0v) is 17.0. The van der Waals surface area contributed by atoms with E-state index in [4.69, 9.17) is 9.68 Å². The van der Waals surface area contributed by atoms with Gasteiger partial charge in [-0.15, -0.1) is 21.5 Å². The highest BCUT2D eigenvalue weighted by Crippen LogP contribution is 2.34. The standard InChI is InChI=1S/C20H18N6O3S/c1-26(13-5-3-2-4-6-13)19(28)14-11-22-18(30-14)10-17-25-24-16(29-17)9-15(27)23-20(12-21)7-8-20/h2-6,11H,7-10H2,1H3,(H,23,27). The Balaban J connectivity index is 1.36. The number of carbonyl (C=O) groups excluding carboxylic acids is 2. The normalized spacial score (nSPS) is 14.0. The van der Waals surface area contributed by atoms with Gasteiger partial charge in [0.25, 0.3) is 5.91 Å². The molecule has 1 aliphatic rings. The number of amides is 2. The highest BCUT2D eigenvalue weighted by molar-refractivity contribution is 7.13. The third-order valence-electron chi connectivity index (χ3n) is 4.68. The molecule has 10 heteroatoms. The molecule has 2 aromatic heterocycles. The Morgan fingerprint density at radius 1 is 1.27 bits per heavy atom. The number of nitrogens with zero attached hydrogens (tertiary/aromatic N) is 5. The molecule has 1 aliphatic carbocycles. The summed E-state index contributed by atoms with van der Waals surface area (Å²) in [6.07, 6.45) is 3.04. The molecule has 4 rings (SSSR count). The lowest BCUT2D eigenvalue weighted by atomic mass is 10.3. The Morgan fingerprint density at radius 2 is 2.00 bits per heavy atom. The molecule has 30 heavy (non-hydrogen) atoms. The van der Waals surface area contributed by atoms with Gasteiger partial charge in [-0.2, -0.15) is 5.26 Å². The molecule has 2 amide bonds. The van der Waals surface area contributed by atoms with Crippen LogP contribution in [0.5, 0.6) is 0 Å². The number of benzene rings is 1. The topological polar surface area (TPSA) is 125 Å². The predicted molar refractivity (Wildman–Crippen MR) is 108 cm³/mol. The quantitative estimate of drug-likeness (QED) is 0.618. The maximum absolute atomic E-state index is 12.7. The summed E-state index contributed by atoms with van der Waals surface area (Å²) in [6.45, 7) is 0. The average molecular weight is 422 g/mol. The molecule has 1 saturated carbocycles. The second kappa shape index (κ2) is 8.04. The fraction of sp³-hybridized carbons (Fsp3) is 0.300. The molecule has 2 heterocycles. The SMILES string of the molecule is CN(C(=O)c1cnc(Cc2nnc(CC(=O)NC3(C#N)CC3)o2)s1)c1ccccc1. The van der Waals surface area contributed by atoms with Crippen molar-refractivity contribution in [2.75, 3.05) is 11.9 Å². The number of para-hydroxylation sites is 1. The number of nitrogens with one attached hydrogen (secondary N) is 1. The fourth-order valence-electron chi connectivity index (χ4n) is 2.82. The van der Waals surface area contributed by atoms with E-state index in [0.717, 1.165) is 5.69 Å². The molecule has 0 saturated heterocycles. The minimum atomic E-state index is -0.726. The minimum absolute atomic E-state index is 0.0834. The zero-order valence-electron chi connectivity index (χ0n) is 16.2. The number of aromatic nitrogens is 3. The average Bonchev–Trinajstić information content (AvgIpc) is 3.15. The van der Waals surface area contributed by atoms with Crippen molar-refractivity contribution < 1.29 is 14.0 Å². The van der Waals surface area contributed by atoms with Crippen LogP contribution in [-0.2, 0) is 17.6 Å². The third-order valence-corrected chi connectivity index (χ3v) is 5.66. The molecule has 0 spiro atoms. The van der Waals surface area contributed by atoms with E-state index in [9.17, 15) is 9.59 Å². The summed E-state index contributed by atoms with van der Waals surface area (Å²) in [5.74, 6) is 0.00607. The Hall–Kier alpha value is -3.58. The number of hydrogen-bond acceptors (Lipinski definition) is 8. The van der Waals surface area contributed by atoms with E-state index < -0.39 is 5.54 Å². The molecule has 1 fully saturated rings. The van der Waals surface area contributed by atoms with Crippen LogP contribution in [-0.4, -0.2) is 39.6 Å². The first kappa shape index (κ1) is 19.7. The van der Waals surface area contributed by atoms with Crippen molar-refractivity contribution in [2.24, 2.45) is 0 Å². The lowest BCUT2D eigenvalue weighted by molar-refractivity contribution is -0.121. The molecule has 152 valence electrons. The highest BCUT2D eigenvalue weighted by Gasteiger charge is 2.44. The number of nitriles is 1. The molecule has 0 atom stereocenters. The molecule has 0 aliphatic heterocycles. The van der Waals surface area contributed by atoms with Crippen molar-refractivity contribution in [1.82, 2.24) is 20.5 Å². The largest absolute Gasteiger partial charge is 0.424 e. The number of thiazole rings is 1. The molecule has 0 radical (unpaired) electrons. The summed E-state index contributed by atoms with van der Waals surface area (Å²) >= 11 is 1.26. The first-order chi connectivity index (χ1) is 14.5. The van der Waals surface area contributed by atoms with E-state index in [1.807, 2.05) is 30.3 Å².